The summed E-state index contributed by atoms with van der Waals surface area (Å²) in [4.78, 5) is 32.6. The van der Waals surface area contributed by atoms with Gasteiger partial charge in [0, 0.05) is 36.6 Å². The predicted molar refractivity (Wildman–Crippen MR) is 123 cm³/mol. The summed E-state index contributed by atoms with van der Waals surface area (Å²) < 4.78 is 5.62. The predicted octanol–water partition coefficient (Wildman–Crippen LogP) is 4.36. The Kier molecular flexibility index (Phi) is 5.89. The molecule has 0 saturated heterocycles. The molecular formula is C25H27N3O3. The van der Waals surface area contributed by atoms with Gasteiger partial charge in [-0.05, 0) is 68.5 Å². The number of rotatable bonds is 5. The maximum atomic E-state index is 13.2. The zero-order chi connectivity index (χ0) is 22.0. The van der Waals surface area contributed by atoms with Crippen LogP contribution in [0.4, 0.5) is 11.4 Å². The maximum absolute atomic E-state index is 13.2. The zero-order valence-corrected chi connectivity index (χ0v) is 18.1. The van der Waals surface area contributed by atoms with Gasteiger partial charge in [0.25, 0.3) is 5.91 Å². The van der Waals surface area contributed by atoms with Gasteiger partial charge in [-0.3, -0.25) is 9.78 Å². The van der Waals surface area contributed by atoms with Gasteiger partial charge in [-0.1, -0.05) is 18.2 Å². The van der Waals surface area contributed by atoms with E-state index in [0.717, 1.165) is 53.5 Å². The molecule has 4 rings (SSSR count). The van der Waals surface area contributed by atoms with Crippen LogP contribution >= 0.6 is 0 Å². The minimum absolute atomic E-state index is 0.363. The van der Waals surface area contributed by atoms with E-state index in [1.807, 2.05) is 67.5 Å². The van der Waals surface area contributed by atoms with Crippen LogP contribution in [-0.4, -0.2) is 37.1 Å². The van der Waals surface area contributed by atoms with Gasteiger partial charge in [-0.25, -0.2) is 4.79 Å². The molecule has 160 valence electrons. The number of carbonyl (C=O) groups is 2. The van der Waals surface area contributed by atoms with Gasteiger partial charge < -0.3 is 15.0 Å². The summed E-state index contributed by atoms with van der Waals surface area (Å²) in [5, 5.41) is 3.59. The first kappa shape index (κ1) is 20.8. The Balaban J connectivity index is 1.54. The molecule has 1 N–H and O–H groups in total. The van der Waals surface area contributed by atoms with Crippen molar-refractivity contribution in [3.05, 3.63) is 65.4 Å². The van der Waals surface area contributed by atoms with Crippen molar-refractivity contribution >= 4 is 34.2 Å². The number of esters is 1. The van der Waals surface area contributed by atoms with E-state index >= 15 is 0 Å². The first-order chi connectivity index (χ1) is 14.9. The lowest BCUT2D eigenvalue weighted by molar-refractivity contribution is -0.123. The molecule has 1 aromatic heterocycles. The van der Waals surface area contributed by atoms with Crippen molar-refractivity contribution in [2.24, 2.45) is 0 Å². The average molecular weight is 418 g/mol. The third kappa shape index (κ3) is 4.38. The molecule has 6 heteroatoms. The monoisotopic (exact) mass is 417 g/mol. The number of nitrogens with zero attached hydrogens (tertiary/aromatic N) is 2. The molecule has 0 fully saturated rings. The molecule has 0 unspecified atom stereocenters. The number of pyridine rings is 1. The van der Waals surface area contributed by atoms with Gasteiger partial charge in [-0.15, -0.1) is 0 Å². The van der Waals surface area contributed by atoms with Crippen molar-refractivity contribution in [3.63, 3.8) is 0 Å². The Morgan fingerprint density at radius 3 is 2.48 bits per heavy atom. The number of ether oxygens (including phenoxy) is 1. The number of benzene rings is 2. The summed E-state index contributed by atoms with van der Waals surface area (Å²) in [5.41, 5.74) is 4.96. The van der Waals surface area contributed by atoms with Crippen molar-refractivity contribution < 1.29 is 14.3 Å². The largest absolute Gasteiger partial charge is 0.449 e. The average Bonchev–Trinajstić information content (AvgIpc) is 2.77. The molecule has 0 spiro atoms. The number of anilines is 2. The molecule has 1 atom stereocenters. The Morgan fingerprint density at radius 1 is 1.03 bits per heavy atom. The van der Waals surface area contributed by atoms with Gasteiger partial charge >= 0.3 is 5.97 Å². The molecule has 1 heterocycles. The second-order valence-electron chi connectivity index (χ2n) is 8.11. The summed E-state index contributed by atoms with van der Waals surface area (Å²) >= 11 is 0. The summed E-state index contributed by atoms with van der Waals surface area (Å²) in [6.45, 7) is 1.59. The first-order valence-electron chi connectivity index (χ1n) is 10.6. The molecule has 0 bridgehead atoms. The summed E-state index contributed by atoms with van der Waals surface area (Å²) in [5.74, 6) is -0.833. The van der Waals surface area contributed by atoms with Crippen molar-refractivity contribution in [2.45, 2.75) is 38.7 Å². The third-order valence-corrected chi connectivity index (χ3v) is 5.68. The highest BCUT2D eigenvalue weighted by Gasteiger charge is 2.26. The van der Waals surface area contributed by atoms with E-state index in [1.165, 1.54) is 0 Å². The highest BCUT2D eigenvalue weighted by atomic mass is 16.5. The molecular weight excluding hydrogens is 390 g/mol. The van der Waals surface area contributed by atoms with Gasteiger partial charge in [0.1, 0.15) is 0 Å². The molecule has 3 aromatic rings. The fourth-order valence-electron chi connectivity index (χ4n) is 3.97. The van der Waals surface area contributed by atoms with Gasteiger partial charge in [0.15, 0.2) is 6.10 Å². The quantitative estimate of drug-likeness (QED) is 0.625. The molecule has 2 aromatic carbocycles. The van der Waals surface area contributed by atoms with E-state index in [1.54, 1.807) is 6.92 Å². The van der Waals surface area contributed by atoms with Crippen LogP contribution in [0, 0.1) is 0 Å². The molecule has 6 nitrogen and oxygen atoms in total. The number of aromatic nitrogens is 1. The van der Waals surface area contributed by atoms with Crippen molar-refractivity contribution in [3.8, 4) is 0 Å². The number of hydrogen-bond acceptors (Lipinski definition) is 5. The fourth-order valence-corrected chi connectivity index (χ4v) is 3.97. The van der Waals surface area contributed by atoms with Crippen LogP contribution in [0.3, 0.4) is 0 Å². The van der Waals surface area contributed by atoms with E-state index in [2.05, 4.69) is 5.32 Å². The number of fused-ring (bicyclic) bond motifs is 2. The van der Waals surface area contributed by atoms with E-state index in [9.17, 15) is 9.59 Å². The highest BCUT2D eigenvalue weighted by Crippen LogP contribution is 2.30. The first-order valence-corrected chi connectivity index (χ1v) is 10.6. The van der Waals surface area contributed by atoms with Crippen LogP contribution in [-0.2, 0) is 22.4 Å². The SMILES string of the molecule is C[C@H](OC(=O)c1c2c(nc3ccccc13)CCCC2)C(=O)Nc1ccc(N(C)C)cc1. The molecule has 0 saturated carbocycles. The topological polar surface area (TPSA) is 71.5 Å². The highest BCUT2D eigenvalue weighted by molar-refractivity contribution is 6.06. The Morgan fingerprint density at radius 2 is 1.74 bits per heavy atom. The van der Waals surface area contributed by atoms with Gasteiger partial charge in [0.2, 0.25) is 0 Å². The van der Waals surface area contributed by atoms with Crippen LogP contribution < -0.4 is 10.2 Å². The Hall–Kier alpha value is -3.41. The molecule has 1 aliphatic rings. The minimum Gasteiger partial charge on any atom is -0.449 e. The van der Waals surface area contributed by atoms with Gasteiger partial charge in [-0.2, -0.15) is 0 Å². The van der Waals surface area contributed by atoms with E-state index in [4.69, 9.17) is 9.72 Å². The molecule has 0 radical (unpaired) electrons. The number of aryl methyl sites for hydroxylation is 1. The van der Waals surface area contributed by atoms with Gasteiger partial charge in [0.05, 0.1) is 11.1 Å². The lowest BCUT2D eigenvalue weighted by atomic mass is 9.90. The molecule has 1 amide bonds. The van der Waals surface area contributed by atoms with E-state index in [0.29, 0.717) is 11.3 Å². The second kappa shape index (κ2) is 8.76. The second-order valence-corrected chi connectivity index (χ2v) is 8.11. The lowest BCUT2D eigenvalue weighted by Gasteiger charge is -2.21. The summed E-state index contributed by atoms with van der Waals surface area (Å²) in [6.07, 6.45) is 2.83. The fraction of sp³-hybridized carbons (Fsp3) is 0.320. The van der Waals surface area contributed by atoms with Crippen molar-refractivity contribution in [1.29, 1.82) is 0 Å². The number of carbonyl (C=O) groups excluding carboxylic acids is 2. The summed E-state index contributed by atoms with van der Waals surface area (Å²) in [6, 6.07) is 15.1. The molecule has 0 aliphatic heterocycles. The normalized spacial score (nSPS) is 13.9. The third-order valence-electron chi connectivity index (χ3n) is 5.68. The standard InChI is InChI=1S/C25H27N3O3/c1-16(24(29)26-17-12-14-18(15-13-17)28(2)3)31-25(30)23-19-8-4-6-10-21(19)27-22-11-7-5-9-20(22)23/h4,6,8,10,12-16H,5,7,9,11H2,1-3H3,(H,26,29)/t16-/m0/s1. The number of para-hydroxylation sites is 1. The number of amides is 1. The van der Waals surface area contributed by atoms with Crippen molar-refractivity contribution in [1.82, 2.24) is 4.98 Å². The maximum Gasteiger partial charge on any atom is 0.339 e. The number of nitrogens with one attached hydrogen (secondary N) is 1. The van der Waals surface area contributed by atoms with Crippen LogP contribution in [0.5, 0.6) is 0 Å². The van der Waals surface area contributed by atoms with Crippen LogP contribution in [0.1, 0.15) is 41.4 Å². The van der Waals surface area contributed by atoms with Crippen LogP contribution in [0.25, 0.3) is 10.9 Å². The lowest BCUT2D eigenvalue weighted by Crippen LogP contribution is -2.30. The van der Waals surface area contributed by atoms with Crippen molar-refractivity contribution in [2.75, 3.05) is 24.3 Å². The van der Waals surface area contributed by atoms with Crippen LogP contribution in [0.15, 0.2) is 48.5 Å². The molecule has 31 heavy (non-hydrogen) atoms. The number of hydrogen-bond donors (Lipinski definition) is 1. The van der Waals surface area contributed by atoms with E-state index in [-0.39, 0.29) is 5.91 Å². The Labute approximate surface area is 182 Å². The zero-order valence-electron chi connectivity index (χ0n) is 18.1. The van der Waals surface area contributed by atoms with E-state index < -0.39 is 12.1 Å². The Bertz CT molecular complexity index is 1120. The minimum atomic E-state index is -0.924. The molecule has 1 aliphatic carbocycles. The smallest absolute Gasteiger partial charge is 0.339 e. The summed E-state index contributed by atoms with van der Waals surface area (Å²) in [7, 11) is 3.91. The van der Waals surface area contributed by atoms with Crippen LogP contribution in [0.2, 0.25) is 0 Å².